The molecule has 0 rings (SSSR count). The van der Waals surface area contributed by atoms with Gasteiger partial charge in [0, 0.05) is 6.61 Å². The fourth-order valence-electron chi connectivity index (χ4n) is 3.11. The van der Waals surface area contributed by atoms with Gasteiger partial charge in [0.1, 0.15) is 0 Å². The van der Waals surface area contributed by atoms with Gasteiger partial charge in [-0.1, -0.05) is 103 Å². The van der Waals surface area contributed by atoms with Gasteiger partial charge in [-0.3, -0.25) is 0 Å². The van der Waals surface area contributed by atoms with Crippen molar-refractivity contribution in [3.63, 3.8) is 0 Å². The molecule has 0 aromatic heterocycles. The van der Waals surface area contributed by atoms with Crippen LogP contribution in [-0.4, -0.2) is 61.6 Å². The Morgan fingerprint density at radius 2 is 0.690 bits per heavy atom. The Hall–Kier alpha value is -0.200. The molecule has 29 heavy (non-hydrogen) atoms. The van der Waals surface area contributed by atoms with Gasteiger partial charge in [0.15, 0.2) is 0 Å². The second-order valence-corrected chi connectivity index (χ2v) is 7.70. The van der Waals surface area contributed by atoms with Gasteiger partial charge in [0.2, 0.25) is 0 Å². The van der Waals surface area contributed by atoms with E-state index in [2.05, 4.69) is 6.92 Å². The van der Waals surface area contributed by atoms with E-state index in [-0.39, 0.29) is 13.2 Å². The Labute approximate surface area is 181 Å². The largest absolute Gasteiger partial charge is 0.396 e. The van der Waals surface area contributed by atoms with Crippen LogP contribution in [-0.2, 0) is 9.47 Å². The first-order chi connectivity index (χ1) is 14.3. The molecular formula is C24H52O5. The third-order valence-corrected chi connectivity index (χ3v) is 4.85. The SMILES string of the molecule is CCCCCCCCCCCCCCCCCCO.OCCOCCOCCO. The molecule has 0 bridgehead atoms. The summed E-state index contributed by atoms with van der Waals surface area (Å²) in [5.41, 5.74) is 0. The van der Waals surface area contributed by atoms with E-state index in [9.17, 15) is 0 Å². The summed E-state index contributed by atoms with van der Waals surface area (Å²) in [5.74, 6) is 0. The predicted octanol–water partition coefficient (Wildman–Crippen LogP) is 5.24. The van der Waals surface area contributed by atoms with Gasteiger partial charge >= 0.3 is 0 Å². The van der Waals surface area contributed by atoms with Crippen molar-refractivity contribution in [2.45, 2.75) is 110 Å². The summed E-state index contributed by atoms with van der Waals surface area (Å²) in [6.07, 6.45) is 22.2. The Morgan fingerprint density at radius 1 is 0.379 bits per heavy atom. The minimum atomic E-state index is 0.0417. The fourth-order valence-corrected chi connectivity index (χ4v) is 3.11. The summed E-state index contributed by atoms with van der Waals surface area (Å²) in [6.45, 7) is 4.39. The van der Waals surface area contributed by atoms with Crippen LogP contribution < -0.4 is 0 Å². The second kappa shape index (κ2) is 32.5. The van der Waals surface area contributed by atoms with Crippen molar-refractivity contribution in [2.75, 3.05) is 46.2 Å². The molecule has 0 saturated heterocycles. The molecule has 178 valence electrons. The first kappa shape index (κ1) is 31.0. The third-order valence-electron chi connectivity index (χ3n) is 4.85. The summed E-state index contributed by atoms with van der Waals surface area (Å²) in [5, 5.41) is 25.2. The zero-order chi connectivity index (χ0) is 21.7. The number of aliphatic hydroxyl groups excluding tert-OH is 3. The maximum atomic E-state index is 8.67. The van der Waals surface area contributed by atoms with Crippen molar-refractivity contribution < 1.29 is 24.8 Å². The van der Waals surface area contributed by atoms with Gasteiger partial charge in [-0.25, -0.2) is 0 Å². The summed E-state index contributed by atoms with van der Waals surface area (Å²) in [6, 6.07) is 0. The van der Waals surface area contributed by atoms with E-state index in [1.807, 2.05) is 0 Å². The maximum absolute atomic E-state index is 8.67. The average molecular weight is 421 g/mol. The number of hydrogen-bond acceptors (Lipinski definition) is 5. The van der Waals surface area contributed by atoms with Crippen LogP contribution in [0.15, 0.2) is 0 Å². The van der Waals surface area contributed by atoms with Crippen molar-refractivity contribution in [3.8, 4) is 0 Å². The highest BCUT2D eigenvalue weighted by Crippen LogP contribution is 2.13. The normalized spacial score (nSPS) is 10.8. The minimum Gasteiger partial charge on any atom is -0.396 e. The molecule has 3 N–H and O–H groups in total. The van der Waals surface area contributed by atoms with Gasteiger partial charge in [0.25, 0.3) is 0 Å². The van der Waals surface area contributed by atoms with Crippen LogP contribution in [0.2, 0.25) is 0 Å². The molecular weight excluding hydrogens is 368 g/mol. The van der Waals surface area contributed by atoms with Crippen LogP contribution in [0.1, 0.15) is 110 Å². The Morgan fingerprint density at radius 3 is 0.966 bits per heavy atom. The van der Waals surface area contributed by atoms with Crippen LogP contribution >= 0.6 is 0 Å². The highest BCUT2D eigenvalue weighted by Gasteiger charge is 1.94. The van der Waals surface area contributed by atoms with Gasteiger partial charge in [0.05, 0.1) is 39.6 Å². The molecule has 0 saturated carbocycles. The molecule has 5 nitrogen and oxygen atoms in total. The van der Waals surface area contributed by atoms with E-state index >= 15 is 0 Å². The standard InChI is InChI=1S/C18H38O.C6H14O4/c1-2-3-4-5-6-7-8-9-10-11-12-13-14-15-16-17-18-19;7-1-3-9-5-6-10-4-2-8/h19H,2-18H2,1H3;7-8H,1-6H2. The fraction of sp³-hybridized carbons (Fsp3) is 1.00. The molecule has 0 aliphatic heterocycles. The minimum absolute atomic E-state index is 0.0417. The molecule has 0 aliphatic carbocycles. The summed E-state index contributed by atoms with van der Waals surface area (Å²) in [4.78, 5) is 0. The molecule has 0 unspecified atom stereocenters. The third kappa shape index (κ3) is 35.6. The molecule has 5 heteroatoms. The van der Waals surface area contributed by atoms with Crippen LogP contribution in [0.25, 0.3) is 0 Å². The van der Waals surface area contributed by atoms with E-state index in [1.54, 1.807) is 0 Å². The van der Waals surface area contributed by atoms with Gasteiger partial charge in [-0.2, -0.15) is 0 Å². The zero-order valence-corrected chi connectivity index (χ0v) is 19.4. The Balaban J connectivity index is 0. The summed E-state index contributed by atoms with van der Waals surface area (Å²) in [7, 11) is 0. The van der Waals surface area contributed by atoms with Crippen LogP contribution in [0.4, 0.5) is 0 Å². The highest BCUT2D eigenvalue weighted by molar-refractivity contribution is 4.49. The number of rotatable bonds is 23. The Bertz CT molecular complexity index is 227. The molecule has 0 atom stereocenters. The van der Waals surface area contributed by atoms with Crippen LogP contribution in [0.3, 0.4) is 0 Å². The smallest absolute Gasteiger partial charge is 0.0701 e. The topological polar surface area (TPSA) is 79.2 Å². The number of aliphatic hydroxyl groups is 3. The zero-order valence-electron chi connectivity index (χ0n) is 19.4. The van der Waals surface area contributed by atoms with E-state index in [0.29, 0.717) is 33.0 Å². The quantitative estimate of drug-likeness (QED) is 0.197. The summed E-state index contributed by atoms with van der Waals surface area (Å²) < 4.78 is 9.75. The number of hydrogen-bond donors (Lipinski definition) is 3. The first-order valence-corrected chi connectivity index (χ1v) is 12.3. The number of ether oxygens (including phenoxy) is 2. The van der Waals surface area contributed by atoms with Crippen molar-refractivity contribution >= 4 is 0 Å². The van der Waals surface area contributed by atoms with E-state index in [4.69, 9.17) is 24.8 Å². The first-order valence-electron chi connectivity index (χ1n) is 12.3. The molecule has 0 heterocycles. The van der Waals surface area contributed by atoms with Crippen LogP contribution in [0.5, 0.6) is 0 Å². The van der Waals surface area contributed by atoms with Crippen molar-refractivity contribution in [2.24, 2.45) is 0 Å². The van der Waals surface area contributed by atoms with Gasteiger partial charge < -0.3 is 24.8 Å². The van der Waals surface area contributed by atoms with E-state index in [0.717, 1.165) is 6.42 Å². The molecule has 0 aliphatic rings. The molecule has 0 amide bonds. The summed E-state index contributed by atoms with van der Waals surface area (Å²) >= 11 is 0. The molecule has 0 radical (unpaired) electrons. The van der Waals surface area contributed by atoms with Crippen LogP contribution in [0, 0.1) is 0 Å². The van der Waals surface area contributed by atoms with Crippen molar-refractivity contribution in [1.29, 1.82) is 0 Å². The average Bonchev–Trinajstić information content (AvgIpc) is 2.74. The van der Waals surface area contributed by atoms with Crippen molar-refractivity contribution in [3.05, 3.63) is 0 Å². The predicted molar refractivity (Wildman–Crippen MR) is 122 cm³/mol. The van der Waals surface area contributed by atoms with Crippen molar-refractivity contribution in [1.82, 2.24) is 0 Å². The van der Waals surface area contributed by atoms with E-state index in [1.165, 1.54) is 96.3 Å². The lowest BCUT2D eigenvalue weighted by atomic mass is 10.0. The lowest BCUT2D eigenvalue weighted by Gasteiger charge is -2.03. The molecule has 0 spiro atoms. The lowest BCUT2D eigenvalue weighted by Crippen LogP contribution is -2.09. The molecule has 0 aromatic carbocycles. The van der Waals surface area contributed by atoms with Gasteiger partial charge in [-0.15, -0.1) is 0 Å². The van der Waals surface area contributed by atoms with Gasteiger partial charge in [-0.05, 0) is 6.42 Å². The molecule has 0 aromatic rings. The second-order valence-electron chi connectivity index (χ2n) is 7.70. The Kier molecular flexibility index (Phi) is 34.7. The maximum Gasteiger partial charge on any atom is 0.0701 e. The molecule has 0 fully saturated rings. The van der Waals surface area contributed by atoms with E-state index < -0.39 is 0 Å². The highest BCUT2D eigenvalue weighted by atomic mass is 16.5. The monoisotopic (exact) mass is 420 g/mol. The lowest BCUT2D eigenvalue weighted by molar-refractivity contribution is 0.0222. The number of unbranched alkanes of at least 4 members (excludes halogenated alkanes) is 15.